The average molecular weight is 390 g/mol. The average Bonchev–Trinajstić information content (AvgIpc) is 2.95. The second-order valence-electron chi connectivity index (χ2n) is 9.86. The van der Waals surface area contributed by atoms with E-state index in [0.29, 0.717) is 18.1 Å². The Labute approximate surface area is 174 Å². The Morgan fingerprint density at radius 1 is 1.07 bits per heavy atom. The molecule has 4 rings (SSSR count). The van der Waals surface area contributed by atoms with E-state index in [9.17, 15) is 4.79 Å². The Morgan fingerprint density at radius 2 is 1.79 bits per heavy atom. The van der Waals surface area contributed by atoms with Crippen LogP contribution in [0.5, 0.6) is 5.75 Å². The van der Waals surface area contributed by atoms with Crippen LogP contribution >= 0.6 is 0 Å². The summed E-state index contributed by atoms with van der Waals surface area (Å²) in [5.41, 5.74) is 2.76. The molecule has 1 saturated heterocycles. The van der Waals surface area contributed by atoms with Gasteiger partial charge in [0.15, 0.2) is 0 Å². The molecule has 2 atom stereocenters. The van der Waals surface area contributed by atoms with Crippen molar-refractivity contribution >= 4 is 12.0 Å². The highest BCUT2D eigenvalue weighted by Crippen LogP contribution is 2.52. The standard InChI is InChI=1S/C26H31NO2/c1-25(2)15-22-16-26(3,18-25)19-27(22)24(28)14-11-20-9-12-23(13-10-20)29-17-21-7-5-4-6-8-21/h4-14,22H,15-19H2,1-3H3/b14-11+. The van der Waals surface area contributed by atoms with Crippen molar-refractivity contribution in [2.24, 2.45) is 10.8 Å². The highest BCUT2D eigenvalue weighted by molar-refractivity contribution is 5.92. The molecule has 152 valence electrons. The third-order valence-corrected chi connectivity index (χ3v) is 6.24. The van der Waals surface area contributed by atoms with Crippen molar-refractivity contribution in [1.82, 2.24) is 4.90 Å². The normalized spacial score (nSPS) is 25.3. The van der Waals surface area contributed by atoms with Gasteiger partial charge >= 0.3 is 0 Å². The minimum atomic E-state index is 0.140. The Hall–Kier alpha value is -2.55. The van der Waals surface area contributed by atoms with Crippen LogP contribution in [0.3, 0.4) is 0 Å². The van der Waals surface area contributed by atoms with E-state index < -0.39 is 0 Å². The van der Waals surface area contributed by atoms with Crippen molar-refractivity contribution in [2.75, 3.05) is 6.54 Å². The molecule has 0 spiro atoms. The molecule has 2 aromatic carbocycles. The van der Waals surface area contributed by atoms with Crippen LogP contribution in [-0.4, -0.2) is 23.4 Å². The molecule has 1 amide bonds. The maximum atomic E-state index is 12.9. The van der Waals surface area contributed by atoms with Gasteiger partial charge < -0.3 is 9.64 Å². The van der Waals surface area contributed by atoms with Gasteiger partial charge in [-0.2, -0.15) is 0 Å². The van der Waals surface area contributed by atoms with E-state index in [1.165, 1.54) is 6.42 Å². The number of benzene rings is 2. The van der Waals surface area contributed by atoms with Crippen LogP contribution in [-0.2, 0) is 11.4 Å². The number of amides is 1. The highest BCUT2D eigenvalue weighted by atomic mass is 16.5. The third kappa shape index (κ3) is 4.72. The molecule has 2 bridgehead atoms. The summed E-state index contributed by atoms with van der Waals surface area (Å²) in [7, 11) is 0. The van der Waals surface area contributed by atoms with Crippen LogP contribution in [0.4, 0.5) is 0 Å². The number of nitrogens with zero attached hydrogens (tertiary/aromatic N) is 1. The summed E-state index contributed by atoms with van der Waals surface area (Å²) in [5.74, 6) is 0.974. The van der Waals surface area contributed by atoms with Crippen molar-refractivity contribution in [3.05, 3.63) is 71.8 Å². The van der Waals surface area contributed by atoms with Gasteiger partial charge in [-0.3, -0.25) is 4.79 Å². The van der Waals surface area contributed by atoms with Gasteiger partial charge in [-0.25, -0.2) is 0 Å². The molecule has 3 heteroatoms. The molecule has 2 aliphatic rings. The summed E-state index contributed by atoms with van der Waals surface area (Å²) in [6.07, 6.45) is 7.10. The van der Waals surface area contributed by atoms with E-state index in [0.717, 1.165) is 36.3 Å². The molecule has 2 aromatic rings. The molecular formula is C26H31NO2. The minimum Gasteiger partial charge on any atom is -0.489 e. The second-order valence-corrected chi connectivity index (χ2v) is 9.86. The van der Waals surface area contributed by atoms with Crippen LogP contribution in [0.1, 0.15) is 51.2 Å². The van der Waals surface area contributed by atoms with Crippen LogP contribution in [0.25, 0.3) is 6.08 Å². The lowest BCUT2D eigenvalue weighted by molar-refractivity contribution is -0.127. The molecule has 2 fully saturated rings. The summed E-state index contributed by atoms with van der Waals surface area (Å²) in [4.78, 5) is 15.0. The van der Waals surface area contributed by atoms with Gasteiger partial charge in [-0.15, -0.1) is 0 Å². The van der Waals surface area contributed by atoms with Gasteiger partial charge in [0.1, 0.15) is 12.4 Å². The van der Waals surface area contributed by atoms with E-state index in [2.05, 4.69) is 37.8 Å². The number of carbonyl (C=O) groups is 1. The van der Waals surface area contributed by atoms with Gasteiger partial charge in [0.2, 0.25) is 5.91 Å². The number of hydrogen-bond acceptors (Lipinski definition) is 2. The molecule has 3 nitrogen and oxygen atoms in total. The van der Waals surface area contributed by atoms with Gasteiger partial charge in [-0.1, -0.05) is 63.2 Å². The number of hydrogen-bond donors (Lipinski definition) is 0. The number of ether oxygens (including phenoxy) is 1. The zero-order valence-electron chi connectivity index (χ0n) is 17.7. The van der Waals surface area contributed by atoms with Crippen molar-refractivity contribution < 1.29 is 9.53 Å². The number of likely N-dealkylation sites (tertiary alicyclic amines) is 1. The molecule has 1 heterocycles. The summed E-state index contributed by atoms with van der Waals surface area (Å²) in [5, 5.41) is 0. The first-order valence-electron chi connectivity index (χ1n) is 10.6. The lowest BCUT2D eigenvalue weighted by Gasteiger charge is -2.39. The third-order valence-electron chi connectivity index (χ3n) is 6.24. The molecule has 1 saturated carbocycles. The first-order valence-corrected chi connectivity index (χ1v) is 10.6. The summed E-state index contributed by atoms with van der Waals surface area (Å²) in [6.45, 7) is 8.45. The van der Waals surface area contributed by atoms with Crippen molar-refractivity contribution in [3.63, 3.8) is 0 Å². The van der Waals surface area contributed by atoms with Gasteiger partial charge in [0, 0.05) is 18.7 Å². The fourth-order valence-electron chi connectivity index (χ4n) is 5.40. The molecule has 2 unspecified atom stereocenters. The second kappa shape index (κ2) is 7.70. The van der Waals surface area contributed by atoms with Crippen LogP contribution in [0, 0.1) is 10.8 Å². The quantitative estimate of drug-likeness (QED) is 0.613. The monoisotopic (exact) mass is 389 g/mol. The smallest absolute Gasteiger partial charge is 0.246 e. The Kier molecular flexibility index (Phi) is 5.24. The van der Waals surface area contributed by atoms with Crippen LogP contribution < -0.4 is 4.74 Å². The molecule has 1 aliphatic heterocycles. The molecular weight excluding hydrogens is 358 g/mol. The number of carbonyl (C=O) groups excluding carboxylic acids is 1. The fourth-order valence-corrected chi connectivity index (χ4v) is 5.40. The van der Waals surface area contributed by atoms with E-state index in [4.69, 9.17) is 4.74 Å². The number of rotatable bonds is 5. The predicted molar refractivity (Wildman–Crippen MR) is 117 cm³/mol. The van der Waals surface area contributed by atoms with E-state index in [1.807, 2.05) is 48.5 Å². The van der Waals surface area contributed by atoms with Crippen molar-refractivity contribution in [1.29, 1.82) is 0 Å². The lowest BCUT2D eigenvalue weighted by Crippen LogP contribution is -2.36. The maximum Gasteiger partial charge on any atom is 0.246 e. The van der Waals surface area contributed by atoms with Gasteiger partial charge in [0.05, 0.1) is 0 Å². The molecule has 29 heavy (non-hydrogen) atoms. The highest BCUT2D eigenvalue weighted by Gasteiger charge is 2.50. The SMILES string of the molecule is CC1(C)CC2CC(C)(CN2C(=O)/C=C/c2ccc(OCc3ccccc3)cc2)C1. The van der Waals surface area contributed by atoms with Gasteiger partial charge in [0.25, 0.3) is 0 Å². The van der Waals surface area contributed by atoms with Crippen molar-refractivity contribution in [3.8, 4) is 5.75 Å². The Bertz CT molecular complexity index is 885. The number of fused-ring (bicyclic) bond motifs is 2. The molecule has 0 radical (unpaired) electrons. The van der Waals surface area contributed by atoms with Crippen molar-refractivity contribution in [2.45, 2.75) is 52.7 Å². The molecule has 0 aromatic heterocycles. The zero-order chi connectivity index (χ0) is 20.5. The summed E-state index contributed by atoms with van der Waals surface area (Å²) < 4.78 is 5.83. The first-order chi connectivity index (χ1) is 13.8. The Morgan fingerprint density at radius 3 is 2.52 bits per heavy atom. The van der Waals surface area contributed by atoms with Gasteiger partial charge in [-0.05, 0) is 59.4 Å². The summed E-state index contributed by atoms with van der Waals surface area (Å²) >= 11 is 0. The van der Waals surface area contributed by atoms with E-state index >= 15 is 0 Å². The first kappa shape index (κ1) is 19.8. The lowest BCUT2D eigenvalue weighted by atomic mass is 9.65. The molecule has 0 N–H and O–H groups in total. The van der Waals surface area contributed by atoms with E-state index in [1.54, 1.807) is 6.08 Å². The Balaban J connectivity index is 1.35. The zero-order valence-corrected chi connectivity index (χ0v) is 17.7. The summed E-state index contributed by atoms with van der Waals surface area (Å²) in [6, 6.07) is 18.4. The topological polar surface area (TPSA) is 29.5 Å². The predicted octanol–water partition coefficient (Wildman–Crippen LogP) is 5.71. The molecule has 1 aliphatic carbocycles. The maximum absolute atomic E-state index is 12.9. The minimum absolute atomic E-state index is 0.140. The fraction of sp³-hybridized carbons (Fsp3) is 0.423. The largest absolute Gasteiger partial charge is 0.489 e. The van der Waals surface area contributed by atoms with Crippen LogP contribution in [0.15, 0.2) is 60.7 Å². The van der Waals surface area contributed by atoms with Crippen LogP contribution in [0.2, 0.25) is 0 Å². The van der Waals surface area contributed by atoms with E-state index in [-0.39, 0.29) is 11.3 Å².